The molecule has 0 N–H and O–H groups in total. The summed E-state index contributed by atoms with van der Waals surface area (Å²) in [5.74, 6) is 0. The second-order valence-corrected chi connectivity index (χ2v) is 6.76. The maximum absolute atomic E-state index is 11.3. The van der Waals surface area contributed by atoms with Crippen molar-refractivity contribution in [3.63, 3.8) is 0 Å². The molecule has 0 aromatic rings. The molecule has 1 heterocycles. The minimum atomic E-state index is -3.03. The van der Waals surface area contributed by atoms with E-state index >= 15 is 0 Å². The lowest BCUT2D eigenvalue weighted by atomic mass is 10.2. The van der Waals surface area contributed by atoms with Crippen molar-refractivity contribution in [1.29, 1.82) is 0 Å². The average Bonchev–Trinajstić information content (AvgIpc) is 2.50. The Bertz CT molecular complexity index is 301. The first-order valence-corrected chi connectivity index (χ1v) is 7.34. The Hall–Kier alpha value is -0.130. The molecule has 0 amide bonds. The molecule has 1 fully saturated rings. The quantitative estimate of drug-likeness (QED) is 0.721. The van der Waals surface area contributed by atoms with Gasteiger partial charge < -0.3 is 0 Å². The van der Waals surface area contributed by atoms with Gasteiger partial charge in [-0.15, -0.1) is 0 Å². The fraction of sp³-hybridized carbons (Fsp3) is 1.00. The van der Waals surface area contributed by atoms with Gasteiger partial charge in [0.2, 0.25) is 10.0 Å². The second kappa shape index (κ2) is 4.80. The predicted molar refractivity (Wildman–Crippen MR) is 62.3 cm³/mol. The van der Waals surface area contributed by atoms with Crippen LogP contribution in [0.1, 0.15) is 26.7 Å². The minimum Gasteiger partial charge on any atom is -0.297 e. The van der Waals surface area contributed by atoms with Crippen LogP contribution in [0.25, 0.3) is 0 Å². The van der Waals surface area contributed by atoms with Crippen LogP contribution >= 0.6 is 0 Å². The molecular formula is C10H22N2O2S. The van der Waals surface area contributed by atoms with Crippen molar-refractivity contribution in [2.75, 3.05) is 26.4 Å². The zero-order chi connectivity index (χ0) is 11.6. The summed E-state index contributed by atoms with van der Waals surface area (Å²) in [6.45, 7) is 6.05. The summed E-state index contributed by atoms with van der Waals surface area (Å²) in [5, 5.41) is 0. The number of likely N-dealkylation sites (N-methyl/N-ethyl adjacent to an activating group) is 1. The number of hydrogen-bond acceptors (Lipinski definition) is 3. The van der Waals surface area contributed by atoms with Crippen LogP contribution in [0.3, 0.4) is 0 Å². The van der Waals surface area contributed by atoms with Gasteiger partial charge in [0.15, 0.2) is 0 Å². The van der Waals surface area contributed by atoms with Gasteiger partial charge in [0, 0.05) is 25.7 Å². The standard InChI is InChI=1S/C10H22N2O2S/c1-9(2)12-7-5-6-10(12)8-11(3)15(4,13)14/h9-10H,5-8H2,1-4H3. The summed E-state index contributed by atoms with van der Waals surface area (Å²) in [6.07, 6.45) is 3.56. The predicted octanol–water partition coefficient (Wildman–Crippen LogP) is 0.751. The number of nitrogens with zero attached hydrogens (tertiary/aromatic N) is 2. The van der Waals surface area contributed by atoms with Crippen molar-refractivity contribution in [3.8, 4) is 0 Å². The minimum absolute atomic E-state index is 0.393. The summed E-state index contributed by atoms with van der Waals surface area (Å²) in [5.41, 5.74) is 0. The lowest BCUT2D eigenvalue weighted by Crippen LogP contribution is -2.43. The van der Waals surface area contributed by atoms with Crippen molar-refractivity contribution in [3.05, 3.63) is 0 Å². The van der Waals surface area contributed by atoms with Gasteiger partial charge in [0.25, 0.3) is 0 Å². The van der Waals surface area contributed by atoms with Crippen LogP contribution in [0.2, 0.25) is 0 Å². The van der Waals surface area contributed by atoms with Crippen molar-refractivity contribution < 1.29 is 8.42 Å². The molecule has 0 aliphatic carbocycles. The van der Waals surface area contributed by atoms with E-state index in [1.807, 2.05) is 0 Å². The average molecular weight is 234 g/mol. The molecule has 4 nitrogen and oxygen atoms in total. The van der Waals surface area contributed by atoms with E-state index in [1.165, 1.54) is 17.0 Å². The van der Waals surface area contributed by atoms with Crippen molar-refractivity contribution >= 4 is 10.0 Å². The molecule has 0 saturated carbocycles. The van der Waals surface area contributed by atoms with Gasteiger partial charge in [0.05, 0.1) is 6.26 Å². The number of sulfonamides is 1. The van der Waals surface area contributed by atoms with Crippen LogP contribution in [0.15, 0.2) is 0 Å². The monoisotopic (exact) mass is 234 g/mol. The molecule has 1 rings (SSSR count). The Morgan fingerprint density at radius 1 is 1.47 bits per heavy atom. The van der Waals surface area contributed by atoms with Crippen LogP contribution in [0.4, 0.5) is 0 Å². The SMILES string of the molecule is CC(C)N1CCCC1CN(C)S(C)(=O)=O. The van der Waals surface area contributed by atoms with E-state index in [9.17, 15) is 8.42 Å². The Kier molecular flexibility index (Phi) is 4.14. The highest BCUT2D eigenvalue weighted by Gasteiger charge is 2.29. The molecule has 1 atom stereocenters. The van der Waals surface area contributed by atoms with Gasteiger partial charge >= 0.3 is 0 Å². The molecule has 0 aromatic carbocycles. The molecule has 15 heavy (non-hydrogen) atoms. The number of hydrogen-bond donors (Lipinski definition) is 0. The molecule has 0 radical (unpaired) electrons. The topological polar surface area (TPSA) is 40.6 Å². The van der Waals surface area contributed by atoms with Gasteiger partial charge in [-0.25, -0.2) is 12.7 Å². The lowest BCUT2D eigenvalue weighted by Gasteiger charge is -2.30. The number of likely N-dealkylation sites (tertiary alicyclic amines) is 1. The molecule has 0 bridgehead atoms. The molecule has 1 unspecified atom stereocenters. The van der Waals surface area contributed by atoms with E-state index in [0.29, 0.717) is 18.6 Å². The Morgan fingerprint density at radius 2 is 2.07 bits per heavy atom. The van der Waals surface area contributed by atoms with Crippen LogP contribution in [-0.2, 0) is 10.0 Å². The summed E-state index contributed by atoms with van der Waals surface area (Å²) in [7, 11) is -1.37. The zero-order valence-electron chi connectivity index (χ0n) is 10.1. The summed E-state index contributed by atoms with van der Waals surface area (Å²) in [6, 6.07) is 0.898. The largest absolute Gasteiger partial charge is 0.297 e. The van der Waals surface area contributed by atoms with Crippen LogP contribution in [0, 0.1) is 0 Å². The first-order chi connectivity index (χ1) is 6.82. The fourth-order valence-corrected chi connectivity index (χ4v) is 2.61. The van der Waals surface area contributed by atoms with Gasteiger partial charge in [-0.3, -0.25) is 4.90 Å². The molecule has 90 valence electrons. The Morgan fingerprint density at radius 3 is 2.53 bits per heavy atom. The third kappa shape index (κ3) is 3.43. The summed E-state index contributed by atoms with van der Waals surface area (Å²) in [4.78, 5) is 2.39. The second-order valence-electron chi connectivity index (χ2n) is 4.67. The highest BCUT2D eigenvalue weighted by molar-refractivity contribution is 7.88. The smallest absolute Gasteiger partial charge is 0.211 e. The van der Waals surface area contributed by atoms with E-state index in [1.54, 1.807) is 7.05 Å². The highest BCUT2D eigenvalue weighted by Crippen LogP contribution is 2.20. The van der Waals surface area contributed by atoms with Crippen molar-refractivity contribution in [2.24, 2.45) is 0 Å². The molecule has 1 aliphatic heterocycles. The van der Waals surface area contributed by atoms with Gasteiger partial charge in [-0.1, -0.05) is 0 Å². The molecule has 1 aliphatic rings. The molecule has 0 aromatic heterocycles. The Labute approximate surface area is 93.3 Å². The maximum Gasteiger partial charge on any atom is 0.211 e. The maximum atomic E-state index is 11.3. The van der Waals surface area contributed by atoms with Crippen LogP contribution in [0.5, 0.6) is 0 Å². The third-order valence-corrected chi connectivity index (χ3v) is 4.40. The zero-order valence-corrected chi connectivity index (χ0v) is 10.9. The third-order valence-electron chi connectivity index (χ3n) is 3.12. The Balaban J connectivity index is 2.58. The molecule has 0 spiro atoms. The van der Waals surface area contributed by atoms with E-state index < -0.39 is 10.0 Å². The van der Waals surface area contributed by atoms with Gasteiger partial charge in [0.1, 0.15) is 0 Å². The van der Waals surface area contributed by atoms with E-state index in [2.05, 4.69) is 18.7 Å². The summed E-state index contributed by atoms with van der Waals surface area (Å²) < 4.78 is 24.1. The lowest BCUT2D eigenvalue weighted by molar-refractivity contribution is 0.185. The van der Waals surface area contributed by atoms with E-state index in [0.717, 1.165) is 13.0 Å². The van der Waals surface area contributed by atoms with Crippen LogP contribution in [-0.4, -0.2) is 56.1 Å². The number of rotatable bonds is 4. The van der Waals surface area contributed by atoms with Gasteiger partial charge in [-0.2, -0.15) is 0 Å². The molecular weight excluding hydrogens is 212 g/mol. The van der Waals surface area contributed by atoms with E-state index in [4.69, 9.17) is 0 Å². The normalized spacial score (nSPS) is 24.3. The fourth-order valence-electron chi connectivity index (χ4n) is 2.17. The molecule has 5 heteroatoms. The van der Waals surface area contributed by atoms with E-state index in [-0.39, 0.29) is 0 Å². The first-order valence-electron chi connectivity index (χ1n) is 5.49. The molecule has 1 saturated heterocycles. The van der Waals surface area contributed by atoms with Crippen molar-refractivity contribution in [2.45, 2.75) is 38.8 Å². The highest BCUT2D eigenvalue weighted by atomic mass is 32.2. The van der Waals surface area contributed by atoms with Crippen LogP contribution < -0.4 is 0 Å². The summed E-state index contributed by atoms with van der Waals surface area (Å²) >= 11 is 0. The first kappa shape index (κ1) is 12.9. The van der Waals surface area contributed by atoms with Gasteiger partial charge in [-0.05, 0) is 33.2 Å². The van der Waals surface area contributed by atoms with Crippen molar-refractivity contribution in [1.82, 2.24) is 9.21 Å².